The number of benzene rings is 1. The highest BCUT2D eigenvalue weighted by atomic mass is 35.5. The summed E-state index contributed by atoms with van der Waals surface area (Å²) in [6, 6.07) is 14.3. The largest absolute Gasteiger partial charge is 0.342 e. The number of anilines is 2. The number of rotatable bonds is 4. The first-order chi connectivity index (χ1) is 8.35. The molecule has 0 saturated carbocycles. The number of halogens is 1. The lowest BCUT2D eigenvalue weighted by atomic mass is 10.2. The average Bonchev–Trinajstić information content (AvgIpc) is 2.41. The molecule has 2 nitrogen and oxygen atoms in total. The van der Waals surface area contributed by atoms with Gasteiger partial charge in [-0.15, -0.1) is 11.6 Å². The van der Waals surface area contributed by atoms with Crippen LogP contribution < -0.4 is 4.90 Å². The number of hydrogen-bond donors (Lipinski definition) is 0. The molecule has 0 fully saturated rings. The Morgan fingerprint density at radius 1 is 1.12 bits per heavy atom. The van der Waals surface area contributed by atoms with Crippen molar-refractivity contribution in [2.24, 2.45) is 0 Å². The van der Waals surface area contributed by atoms with Gasteiger partial charge in [-0.05, 0) is 31.2 Å². The Morgan fingerprint density at radius 3 is 2.53 bits per heavy atom. The van der Waals surface area contributed by atoms with Crippen molar-refractivity contribution in [1.82, 2.24) is 4.98 Å². The van der Waals surface area contributed by atoms with E-state index in [0.29, 0.717) is 5.88 Å². The minimum Gasteiger partial charge on any atom is -0.342 e. The smallest absolute Gasteiger partial charge is 0.0648 e. The highest BCUT2D eigenvalue weighted by Gasteiger charge is 2.07. The SMILES string of the molecule is CCN(c1ccccc1)c1ccnc(CCl)c1. The van der Waals surface area contributed by atoms with Gasteiger partial charge in [0.2, 0.25) is 0 Å². The van der Waals surface area contributed by atoms with E-state index in [0.717, 1.165) is 17.9 Å². The van der Waals surface area contributed by atoms with Crippen molar-refractivity contribution in [3.63, 3.8) is 0 Å². The van der Waals surface area contributed by atoms with E-state index >= 15 is 0 Å². The van der Waals surface area contributed by atoms with E-state index in [1.165, 1.54) is 5.69 Å². The zero-order valence-corrected chi connectivity index (χ0v) is 10.6. The Hall–Kier alpha value is -1.54. The summed E-state index contributed by atoms with van der Waals surface area (Å²) in [6.45, 7) is 3.05. The van der Waals surface area contributed by atoms with Crippen LogP contribution in [-0.2, 0) is 5.88 Å². The molecule has 1 heterocycles. The van der Waals surface area contributed by atoms with Crippen molar-refractivity contribution in [2.45, 2.75) is 12.8 Å². The Balaban J connectivity index is 2.35. The quantitative estimate of drug-likeness (QED) is 0.759. The van der Waals surface area contributed by atoms with E-state index in [2.05, 4.69) is 28.9 Å². The lowest BCUT2D eigenvalue weighted by molar-refractivity contribution is 1.01. The molecule has 88 valence electrons. The van der Waals surface area contributed by atoms with Crippen molar-refractivity contribution >= 4 is 23.0 Å². The van der Waals surface area contributed by atoms with Gasteiger partial charge in [-0.2, -0.15) is 0 Å². The third-order valence-corrected chi connectivity index (χ3v) is 2.91. The van der Waals surface area contributed by atoms with Gasteiger partial charge >= 0.3 is 0 Å². The second kappa shape index (κ2) is 5.69. The zero-order valence-electron chi connectivity index (χ0n) is 9.81. The predicted octanol–water partition coefficient (Wildman–Crippen LogP) is 3.98. The van der Waals surface area contributed by atoms with E-state index in [4.69, 9.17) is 11.6 Å². The standard InChI is InChI=1S/C14H15ClN2/c1-2-17(13-6-4-3-5-7-13)14-8-9-16-12(10-14)11-15/h3-10H,2,11H2,1H3. The van der Waals surface area contributed by atoms with Crippen molar-refractivity contribution in [2.75, 3.05) is 11.4 Å². The number of hydrogen-bond acceptors (Lipinski definition) is 2. The number of alkyl halides is 1. The molecule has 0 bridgehead atoms. The number of para-hydroxylation sites is 1. The van der Waals surface area contributed by atoms with Crippen molar-refractivity contribution in [3.05, 3.63) is 54.4 Å². The van der Waals surface area contributed by atoms with Crippen molar-refractivity contribution in [3.8, 4) is 0 Å². The molecule has 0 atom stereocenters. The first-order valence-electron chi connectivity index (χ1n) is 5.68. The van der Waals surface area contributed by atoms with Gasteiger partial charge in [0.1, 0.15) is 0 Å². The third kappa shape index (κ3) is 2.77. The van der Waals surface area contributed by atoms with Crippen LogP contribution in [0.1, 0.15) is 12.6 Å². The molecule has 1 aromatic carbocycles. The summed E-state index contributed by atoms with van der Waals surface area (Å²) in [5.41, 5.74) is 3.21. The van der Waals surface area contributed by atoms with Crippen LogP contribution in [0.2, 0.25) is 0 Å². The molecule has 2 aromatic rings. The maximum atomic E-state index is 5.81. The Labute approximate surface area is 107 Å². The maximum Gasteiger partial charge on any atom is 0.0648 e. The maximum absolute atomic E-state index is 5.81. The summed E-state index contributed by atoms with van der Waals surface area (Å²) in [5.74, 6) is 0.445. The van der Waals surface area contributed by atoms with E-state index in [9.17, 15) is 0 Å². The van der Waals surface area contributed by atoms with Gasteiger partial charge in [0.15, 0.2) is 0 Å². The first-order valence-corrected chi connectivity index (χ1v) is 6.22. The van der Waals surface area contributed by atoms with Crippen LogP contribution >= 0.6 is 11.6 Å². The highest BCUT2D eigenvalue weighted by Crippen LogP contribution is 2.24. The number of pyridine rings is 1. The molecule has 0 aliphatic heterocycles. The molecule has 0 amide bonds. The van der Waals surface area contributed by atoms with Crippen LogP contribution in [0.5, 0.6) is 0 Å². The topological polar surface area (TPSA) is 16.1 Å². The van der Waals surface area contributed by atoms with Crippen molar-refractivity contribution in [1.29, 1.82) is 0 Å². The number of nitrogens with zero attached hydrogens (tertiary/aromatic N) is 2. The van der Waals surface area contributed by atoms with Crippen LogP contribution in [0.25, 0.3) is 0 Å². The van der Waals surface area contributed by atoms with E-state index < -0.39 is 0 Å². The molecular weight excluding hydrogens is 232 g/mol. The first kappa shape index (κ1) is 11.9. The van der Waals surface area contributed by atoms with Gasteiger partial charge in [-0.1, -0.05) is 18.2 Å². The Morgan fingerprint density at radius 2 is 1.88 bits per heavy atom. The normalized spacial score (nSPS) is 10.2. The number of aromatic nitrogens is 1. The van der Waals surface area contributed by atoms with Crippen LogP contribution in [-0.4, -0.2) is 11.5 Å². The molecule has 2 rings (SSSR count). The summed E-state index contributed by atoms with van der Waals surface area (Å²) >= 11 is 5.81. The predicted molar refractivity (Wildman–Crippen MR) is 72.9 cm³/mol. The lowest BCUT2D eigenvalue weighted by Crippen LogP contribution is -2.16. The van der Waals surface area contributed by atoms with E-state index in [1.807, 2.05) is 30.3 Å². The molecule has 0 unspecified atom stereocenters. The molecule has 0 spiro atoms. The molecule has 1 aromatic heterocycles. The minimum atomic E-state index is 0.445. The molecule has 0 saturated heterocycles. The van der Waals surface area contributed by atoms with Gasteiger partial charge in [0.05, 0.1) is 11.6 Å². The fourth-order valence-corrected chi connectivity index (χ4v) is 1.97. The molecule has 0 N–H and O–H groups in total. The van der Waals surface area contributed by atoms with Crippen LogP contribution in [0.4, 0.5) is 11.4 Å². The Bertz CT molecular complexity index is 471. The summed E-state index contributed by atoms with van der Waals surface area (Å²) in [6.07, 6.45) is 1.80. The van der Waals surface area contributed by atoms with Gasteiger partial charge in [0, 0.05) is 24.1 Å². The fraction of sp³-hybridized carbons (Fsp3) is 0.214. The molecule has 3 heteroatoms. The molecular formula is C14H15ClN2. The van der Waals surface area contributed by atoms with Crippen LogP contribution in [0.15, 0.2) is 48.7 Å². The summed E-state index contributed by atoms with van der Waals surface area (Å²) in [7, 11) is 0. The van der Waals surface area contributed by atoms with Crippen LogP contribution in [0, 0.1) is 0 Å². The average molecular weight is 247 g/mol. The summed E-state index contributed by atoms with van der Waals surface area (Å²) in [5, 5.41) is 0. The lowest BCUT2D eigenvalue weighted by Gasteiger charge is -2.23. The van der Waals surface area contributed by atoms with Gasteiger partial charge in [-0.25, -0.2) is 0 Å². The molecule has 17 heavy (non-hydrogen) atoms. The fourth-order valence-electron chi connectivity index (χ4n) is 1.83. The van der Waals surface area contributed by atoms with Gasteiger partial charge in [0.25, 0.3) is 0 Å². The van der Waals surface area contributed by atoms with Crippen LogP contribution in [0.3, 0.4) is 0 Å². The summed E-state index contributed by atoms with van der Waals surface area (Å²) < 4.78 is 0. The highest BCUT2D eigenvalue weighted by molar-refractivity contribution is 6.16. The molecule has 0 aliphatic carbocycles. The minimum absolute atomic E-state index is 0.445. The summed E-state index contributed by atoms with van der Waals surface area (Å²) in [4.78, 5) is 6.44. The van der Waals surface area contributed by atoms with E-state index in [-0.39, 0.29) is 0 Å². The van der Waals surface area contributed by atoms with E-state index in [1.54, 1.807) is 6.20 Å². The Kier molecular flexibility index (Phi) is 3.99. The van der Waals surface area contributed by atoms with Gasteiger partial charge in [-0.3, -0.25) is 4.98 Å². The van der Waals surface area contributed by atoms with Gasteiger partial charge < -0.3 is 4.90 Å². The second-order valence-electron chi connectivity index (χ2n) is 3.72. The zero-order chi connectivity index (χ0) is 12.1. The second-order valence-corrected chi connectivity index (χ2v) is 3.99. The monoisotopic (exact) mass is 246 g/mol. The van der Waals surface area contributed by atoms with Crippen molar-refractivity contribution < 1.29 is 0 Å². The molecule has 0 aliphatic rings. The molecule has 0 radical (unpaired) electrons. The third-order valence-electron chi connectivity index (χ3n) is 2.63.